The van der Waals surface area contributed by atoms with Crippen LogP contribution in [0, 0.1) is 5.82 Å². The number of anilines is 2. The van der Waals surface area contributed by atoms with E-state index >= 15 is 0 Å². The molecule has 39 heavy (non-hydrogen) atoms. The largest absolute Gasteiger partial charge is 0.322 e. The maximum absolute atomic E-state index is 14.2. The SMILES string of the molecule is CC(C)(C)c1cc(NC(=O)CN(Cc2ccccc2)C(=O)Nc2ccccc2F)n(-c2ccc(Cl)c(Cl)c2)n1. The van der Waals surface area contributed by atoms with E-state index in [1.165, 1.54) is 23.1 Å². The van der Waals surface area contributed by atoms with E-state index in [1.54, 1.807) is 35.0 Å². The Kier molecular flexibility index (Phi) is 8.57. The lowest BCUT2D eigenvalue weighted by Gasteiger charge is -2.23. The number of nitrogens with one attached hydrogen (secondary N) is 2. The van der Waals surface area contributed by atoms with Gasteiger partial charge in [0.15, 0.2) is 0 Å². The van der Waals surface area contributed by atoms with E-state index in [9.17, 15) is 14.0 Å². The predicted molar refractivity (Wildman–Crippen MR) is 153 cm³/mol. The van der Waals surface area contributed by atoms with Crippen LogP contribution in [0.2, 0.25) is 10.0 Å². The normalized spacial score (nSPS) is 11.2. The summed E-state index contributed by atoms with van der Waals surface area (Å²) in [4.78, 5) is 27.8. The number of halogens is 3. The Hall–Kier alpha value is -3.88. The maximum Gasteiger partial charge on any atom is 0.322 e. The van der Waals surface area contributed by atoms with Crippen molar-refractivity contribution >= 4 is 46.6 Å². The first kappa shape index (κ1) is 28.1. The van der Waals surface area contributed by atoms with Crippen LogP contribution in [0.3, 0.4) is 0 Å². The van der Waals surface area contributed by atoms with Crippen LogP contribution in [0.1, 0.15) is 32.0 Å². The van der Waals surface area contributed by atoms with Crippen molar-refractivity contribution in [3.05, 3.63) is 106 Å². The average Bonchev–Trinajstić information content (AvgIpc) is 3.31. The van der Waals surface area contributed by atoms with E-state index in [1.807, 2.05) is 51.1 Å². The first-order valence-electron chi connectivity index (χ1n) is 12.2. The molecule has 202 valence electrons. The lowest BCUT2D eigenvalue weighted by molar-refractivity contribution is -0.116. The molecule has 3 aromatic carbocycles. The van der Waals surface area contributed by atoms with Crippen LogP contribution in [0.5, 0.6) is 0 Å². The third kappa shape index (κ3) is 7.16. The zero-order valence-corrected chi connectivity index (χ0v) is 23.2. The van der Waals surface area contributed by atoms with Crippen LogP contribution in [0.4, 0.5) is 20.7 Å². The highest BCUT2D eigenvalue weighted by atomic mass is 35.5. The molecule has 0 saturated carbocycles. The molecule has 0 saturated heterocycles. The van der Waals surface area contributed by atoms with Gasteiger partial charge in [-0.3, -0.25) is 4.79 Å². The molecule has 7 nitrogen and oxygen atoms in total. The maximum atomic E-state index is 14.2. The second-order valence-electron chi connectivity index (χ2n) is 9.97. The van der Waals surface area contributed by atoms with Gasteiger partial charge in [-0.15, -0.1) is 0 Å². The van der Waals surface area contributed by atoms with Crippen LogP contribution < -0.4 is 10.6 Å². The summed E-state index contributed by atoms with van der Waals surface area (Å²) in [6.07, 6.45) is 0. The number of amides is 3. The fraction of sp³-hybridized carbons (Fsp3) is 0.207. The average molecular weight is 568 g/mol. The number of hydrogen-bond acceptors (Lipinski definition) is 3. The zero-order valence-electron chi connectivity index (χ0n) is 21.7. The summed E-state index contributed by atoms with van der Waals surface area (Å²) in [5.41, 5.74) is 1.87. The molecule has 1 aromatic heterocycles. The molecule has 4 rings (SSSR count). The molecule has 3 amide bonds. The molecule has 0 unspecified atom stereocenters. The van der Waals surface area contributed by atoms with Gasteiger partial charge in [0.05, 0.1) is 27.1 Å². The molecule has 0 bridgehead atoms. The molecule has 0 aliphatic carbocycles. The van der Waals surface area contributed by atoms with Crippen molar-refractivity contribution in [3.8, 4) is 5.69 Å². The second kappa shape index (κ2) is 11.9. The van der Waals surface area contributed by atoms with Crippen molar-refractivity contribution in [2.75, 3.05) is 17.2 Å². The second-order valence-corrected chi connectivity index (χ2v) is 10.8. The number of nitrogens with zero attached hydrogens (tertiary/aromatic N) is 3. The number of carbonyl (C=O) groups is 2. The molecular weight excluding hydrogens is 540 g/mol. The number of carbonyl (C=O) groups excluding carboxylic acids is 2. The highest BCUT2D eigenvalue weighted by Gasteiger charge is 2.24. The van der Waals surface area contributed by atoms with Gasteiger partial charge in [-0.05, 0) is 35.9 Å². The predicted octanol–water partition coefficient (Wildman–Crippen LogP) is 7.29. The third-order valence-electron chi connectivity index (χ3n) is 5.85. The number of benzene rings is 3. The van der Waals surface area contributed by atoms with Crippen molar-refractivity contribution in [1.82, 2.24) is 14.7 Å². The molecular formula is C29H28Cl2FN5O2. The van der Waals surface area contributed by atoms with E-state index in [0.717, 1.165) is 11.3 Å². The Morgan fingerprint density at radius 3 is 2.28 bits per heavy atom. The summed E-state index contributed by atoms with van der Waals surface area (Å²) in [7, 11) is 0. The quantitative estimate of drug-likeness (QED) is 0.246. The molecule has 0 aliphatic rings. The van der Waals surface area contributed by atoms with E-state index in [0.29, 0.717) is 21.6 Å². The fourth-order valence-electron chi connectivity index (χ4n) is 3.77. The Labute approximate surface area is 236 Å². The van der Waals surface area contributed by atoms with Gasteiger partial charge in [0, 0.05) is 18.0 Å². The van der Waals surface area contributed by atoms with Gasteiger partial charge in [0.1, 0.15) is 18.2 Å². The van der Waals surface area contributed by atoms with Crippen LogP contribution in [-0.2, 0) is 16.8 Å². The topological polar surface area (TPSA) is 79.3 Å². The van der Waals surface area contributed by atoms with Gasteiger partial charge in [0.2, 0.25) is 5.91 Å². The fourth-order valence-corrected chi connectivity index (χ4v) is 4.06. The van der Waals surface area contributed by atoms with Crippen molar-refractivity contribution < 1.29 is 14.0 Å². The van der Waals surface area contributed by atoms with E-state index in [2.05, 4.69) is 15.7 Å². The number of para-hydroxylation sites is 1. The van der Waals surface area contributed by atoms with Crippen molar-refractivity contribution in [3.63, 3.8) is 0 Å². The number of hydrogen-bond donors (Lipinski definition) is 2. The Balaban J connectivity index is 1.60. The van der Waals surface area contributed by atoms with Gasteiger partial charge in [0.25, 0.3) is 0 Å². The van der Waals surface area contributed by atoms with Crippen LogP contribution in [0.15, 0.2) is 78.9 Å². The van der Waals surface area contributed by atoms with E-state index in [4.69, 9.17) is 23.2 Å². The number of urea groups is 1. The van der Waals surface area contributed by atoms with Crippen LogP contribution in [0.25, 0.3) is 5.69 Å². The zero-order chi connectivity index (χ0) is 28.2. The summed E-state index contributed by atoms with van der Waals surface area (Å²) >= 11 is 12.3. The van der Waals surface area contributed by atoms with E-state index < -0.39 is 17.8 Å². The molecule has 0 aliphatic heterocycles. The highest BCUT2D eigenvalue weighted by Crippen LogP contribution is 2.29. The van der Waals surface area contributed by atoms with Crippen molar-refractivity contribution in [1.29, 1.82) is 0 Å². The lowest BCUT2D eigenvalue weighted by Crippen LogP contribution is -2.40. The summed E-state index contributed by atoms with van der Waals surface area (Å²) in [5, 5.41) is 10.9. The van der Waals surface area contributed by atoms with Gasteiger partial charge in [-0.1, -0.05) is 86.4 Å². The monoisotopic (exact) mass is 567 g/mol. The first-order chi connectivity index (χ1) is 18.5. The number of rotatable bonds is 7. The summed E-state index contributed by atoms with van der Waals surface area (Å²) in [5.74, 6) is -0.635. The van der Waals surface area contributed by atoms with E-state index in [-0.39, 0.29) is 24.2 Å². The lowest BCUT2D eigenvalue weighted by atomic mass is 9.92. The number of aromatic nitrogens is 2. The molecule has 0 atom stereocenters. The van der Waals surface area contributed by atoms with Gasteiger partial charge in [-0.25, -0.2) is 13.9 Å². The van der Waals surface area contributed by atoms with Crippen LogP contribution >= 0.6 is 23.2 Å². The molecule has 10 heteroatoms. The van der Waals surface area contributed by atoms with Gasteiger partial charge >= 0.3 is 6.03 Å². The Morgan fingerprint density at radius 1 is 0.923 bits per heavy atom. The molecule has 4 aromatic rings. The van der Waals surface area contributed by atoms with Gasteiger partial charge < -0.3 is 15.5 Å². The minimum absolute atomic E-state index is 0.0217. The smallest absolute Gasteiger partial charge is 0.311 e. The van der Waals surface area contributed by atoms with Gasteiger partial charge in [-0.2, -0.15) is 5.10 Å². The third-order valence-corrected chi connectivity index (χ3v) is 6.59. The first-order valence-corrected chi connectivity index (χ1v) is 13.0. The summed E-state index contributed by atoms with van der Waals surface area (Å²) in [6, 6.07) is 21.3. The molecule has 0 radical (unpaired) electrons. The minimum Gasteiger partial charge on any atom is -0.311 e. The Bertz CT molecular complexity index is 1480. The Morgan fingerprint density at radius 2 is 1.62 bits per heavy atom. The molecule has 0 spiro atoms. The highest BCUT2D eigenvalue weighted by molar-refractivity contribution is 6.42. The van der Waals surface area contributed by atoms with Crippen molar-refractivity contribution in [2.45, 2.75) is 32.7 Å². The van der Waals surface area contributed by atoms with Crippen LogP contribution in [-0.4, -0.2) is 33.2 Å². The molecule has 0 fully saturated rings. The summed E-state index contributed by atoms with van der Waals surface area (Å²) in [6.45, 7) is 5.86. The minimum atomic E-state index is -0.618. The molecule has 2 N–H and O–H groups in total. The van der Waals surface area contributed by atoms with Crippen molar-refractivity contribution in [2.24, 2.45) is 0 Å². The molecule has 1 heterocycles. The standard InChI is InChI=1S/C29H28Cl2FN5O2/c1-29(2,3)25-16-26(37(35-25)20-13-14-21(30)22(31)15-20)34-27(38)18-36(17-19-9-5-4-6-10-19)28(39)33-24-12-8-7-11-23(24)32/h4-16H,17-18H2,1-3H3,(H,33,39)(H,34,38). The summed E-state index contributed by atoms with van der Waals surface area (Å²) < 4.78 is 15.8.